The molecule has 1 aliphatic heterocycles. The molecule has 114 valence electrons. The van der Waals surface area contributed by atoms with Crippen LogP contribution in [0.25, 0.3) is 0 Å². The summed E-state index contributed by atoms with van der Waals surface area (Å²) in [5.74, 6) is -0.442. The summed E-state index contributed by atoms with van der Waals surface area (Å²) < 4.78 is 0. The van der Waals surface area contributed by atoms with Gasteiger partial charge in [-0.15, -0.1) is 11.6 Å². The first kappa shape index (κ1) is 17.2. The lowest BCUT2D eigenvalue weighted by Gasteiger charge is -2.13. The van der Waals surface area contributed by atoms with Crippen LogP contribution in [0.5, 0.6) is 0 Å². The summed E-state index contributed by atoms with van der Waals surface area (Å²) in [7, 11) is 0. The van der Waals surface area contributed by atoms with Crippen LogP contribution in [0.3, 0.4) is 0 Å². The molecule has 0 spiro atoms. The molecule has 0 N–H and O–H groups in total. The average Bonchev–Trinajstić information content (AvgIpc) is 2.71. The molecule has 0 saturated heterocycles. The lowest BCUT2D eigenvalue weighted by atomic mass is 10.1. The maximum atomic E-state index is 12.3. The SMILES string of the molecule is O=C1c2c(Cl)c(Cl)c(Cl)c(Cl)c2C(=O)N1CCCCCCl. The first-order valence-corrected chi connectivity index (χ1v) is 8.24. The van der Waals surface area contributed by atoms with Gasteiger partial charge in [-0.3, -0.25) is 14.5 Å². The van der Waals surface area contributed by atoms with E-state index in [0.29, 0.717) is 12.3 Å². The minimum Gasteiger partial charge on any atom is -0.274 e. The van der Waals surface area contributed by atoms with Crippen molar-refractivity contribution in [2.75, 3.05) is 12.4 Å². The largest absolute Gasteiger partial charge is 0.274 e. The summed E-state index contributed by atoms with van der Waals surface area (Å²) >= 11 is 29.5. The van der Waals surface area contributed by atoms with Crippen molar-refractivity contribution >= 4 is 69.8 Å². The lowest BCUT2D eigenvalue weighted by molar-refractivity contribution is 0.0652. The Labute approximate surface area is 147 Å². The smallest absolute Gasteiger partial charge is 0.263 e. The number of imide groups is 1. The highest BCUT2D eigenvalue weighted by molar-refractivity contribution is 6.55. The van der Waals surface area contributed by atoms with Gasteiger partial charge in [0.15, 0.2) is 0 Å². The summed E-state index contributed by atoms with van der Waals surface area (Å²) in [4.78, 5) is 25.8. The van der Waals surface area contributed by atoms with Crippen molar-refractivity contribution < 1.29 is 9.59 Å². The van der Waals surface area contributed by atoms with Crippen LogP contribution in [0.4, 0.5) is 0 Å². The molecule has 21 heavy (non-hydrogen) atoms. The first-order valence-electron chi connectivity index (χ1n) is 6.19. The summed E-state index contributed by atoms with van der Waals surface area (Å²) in [5.41, 5.74) is 0.0526. The third-order valence-corrected chi connectivity index (χ3v) is 5.27. The van der Waals surface area contributed by atoms with Crippen molar-refractivity contribution in [1.82, 2.24) is 4.90 Å². The fraction of sp³-hybridized carbons (Fsp3) is 0.385. The number of hydrogen-bond acceptors (Lipinski definition) is 2. The van der Waals surface area contributed by atoms with Crippen molar-refractivity contribution in [1.29, 1.82) is 0 Å². The molecule has 8 heteroatoms. The number of carbonyl (C=O) groups excluding carboxylic acids is 2. The standard InChI is InChI=1S/C13H10Cl5NO2/c14-4-2-1-3-5-19-12(20)6-7(13(19)21)9(16)11(18)10(17)8(6)15/h1-5H2. The minimum absolute atomic E-state index is 0.0211. The second-order valence-electron chi connectivity index (χ2n) is 4.52. The Morgan fingerprint density at radius 3 is 1.62 bits per heavy atom. The molecule has 0 aromatic heterocycles. The third kappa shape index (κ3) is 2.99. The van der Waals surface area contributed by atoms with Gasteiger partial charge in [-0.2, -0.15) is 0 Å². The number of amides is 2. The number of alkyl halides is 1. The van der Waals surface area contributed by atoms with Crippen molar-refractivity contribution in [2.45, 2.75) is 19.3 Å². The number of benzene rings is 1. The maximum absolute atomic E-state index is 12.3. The third-order valence-electron chi connectivity index (χ3n) is 3.20. The van der Waals surface area contributed by atoms with Gasteiger partial charge >= 0.3 is 0 Å². The number of nitrogens with zero attached hydrogens (tertiary/aromatic N) is 1. The predicted octanol–water partition coefficient (Wildman–Crippen LogP) is 5.31. The maximum Gasteiger partial charge on any atom is 0.263 e. The van der Waals surface area contributed by atoms with Crippen LogP contribution in [-0.2, 0) is 0 Å². The van der Waals surface area contributed by atoms with E-state index in [1.54, 1.807) is 0 Å². The summed E-state index contributed by atoms with van der Waals surface area (Å²) in [6.45, 7) is 0.283. The molecule has 0 bridgehead atoms. The molecule has 0 unspecified atom stereocenters. The van der Waals surface area contributed by atoms with Crippen LogP contribution in [-0.4, -0.2) is 29.1 Å². The molecule has 0 radical (unpaired) electrons. The Morgan fingerprint density at radius 2 is 1.19 bits per heavy atom. The van der Waals surface area contributed by atoms with Gasteiger partial charge in [0.1, 0.15) is 0 Å². The van der Waals surface area contributed by atoms with Crippen molar-refractivity contribution in [3.63, 3.8) is 0 Å². The van der Waals surface area contributed by atoms with Gasteiger partial charge in [0.05, 0.1) is 31.2 Å². The molecule has 0 saturated carbocycles. The van der Waals surface area contributed by atoms with Crippen LogP contribution >= 0.6 is 58.0 Å². The Morgan fingerprint density at radius 1 is 0.714 bits per heavy atom. The molecule has 1 aliphatic rings. The second kappa shape index (κ2) is 6.93. The van der Waals surface area contributed by atoms with Crippen molar-refractivity contribution in [3.05, 3.63) is 31.2 Å². The number of fused-ring (bicyclic) bond motifs is 1. The molecule has 0 aliphatic carbocycles. The van der Waals surface area contributed by atoms with E-state index in [2.05, 4.69) is 0 Å². The Kier molecular flexibility index (Phi) is 5.66. The Bertz CT molecular complexity index is 570. The minimum atomic E-state index is -0.494. The number of rotatable bonds is 5. The predicted molar refractivity (Wildman–Crippen MR) is 86.4 cm³/mol. The van der Waals surface area contributed by atoms with E-state index in [1.165, 1.54) is 0 Å². The summed E-state index contributed by atoms with van der Waals surface area (Å²) in [6.07, 6.45) is 2.30. The van der Waals surface area contributed by atoms with Crippen LogP contribution < -0.4 is 0 Å². The molecule has 1 heterocycles. The van der Waals surface area contributed by atoms with Gasteiger partial charge in [-0.05, 0) is 12.8 Å². The van der Waals surface area contributed by atoms with Crippen LogP contribution in [0, 0.1) is 0 Å². The van der Waals surface area contributed by atoms with E-state index in [-0.39, 0.29) is 37.8 Å². The highest BCUT2D eigenvalue weighted by Gasteiger charge is 2.41. The lowest BCUT2D eigenvalue weighted by Crippen LogP contribution is -2.30. The van der Waals surface area contributed by atoms with Crippen LogP contribution in [0.1, 0.15) is 40.0 Å². The zero-order valence-corrected chi connectivity index (χ0v) is 14.5. The van der Waals surface area contributed by atoms with Crippen molar-refractivity contribution in [2.24, 2.45) is 0 Å². The molecule has 2 amide bonds. The van der Waals surface area contributed by atoms with Gasteiger partial charge in [-0.25, -0.2) is 0 Å². The zero-order chi connectivity index (χ0) is 15.7. The van der Waals surface area contributed by atoms with Gasteiger partial charge < -0.3 is 0 Å². The summed E-state index contributed by atoms with van der Waals surface area (Å²) in [6, 6.07) is 0. The fourth-order valence-electron chi connectivity index (χ4n) is 2.14. The zero-order valence-electron chi connectivity index (χ0n) is 10.7. The molecular formula is C13H10Cl5NO2. The van der Waals surface area contributed by atoms with E-state index in [9.17, 15) is 9.59 Å². The van der Waals surface area contributed by atoms with Gasteiger partial charge in [0.25, 0.3) is 11.8 Å². The Balaban J connectivity index is 2.34. The monoisotopic (exact) mass is 387 g/mol. The highest BCUT2D eigenvalue weighted by Crippen LogP contribution is 2.44. The van der Waals surface area contributed by atoms with E-state index >= 15 is 0 Å². The molecule has 3 nitrogen and oxygen atoms in total. The van der Waals surface area contributed by atoms with Gasteiger partial charge in [0.2, 0.25) is 0 Å². The fourth-order valence-corrected chi connectivity index (χ4v) is 3.34. The number of halogens is 5. The second-order valence-corrected chi connectivity index (χ2v) is 6.41. The van der Waals surface area contributed by atoms with Gasteiger partial charge in [0, 0.05) is 12.4 Å². The highest BCUT2D eigenvalue weighted by atomic mass is 35.5. The number of unbranched alkanes of at least 4 members (excludes halogenated alkanes) is 2. The molecule has 0 atom stereocenters. The molecular weight excluding hydrogens is 379 g/mol. The first-order chi connectivity index (χ1) is 9.91. The van der Waals surface area contributed by atoms with E-state index in [0.717, 1.165) is 17.7 Å². The number of carbonyl (C=O) groups is 2. The summed E-state index contributed by atoms with van der Waals surface area (Å²) in [5, 5.41) is -0.121. The van der Waals surface area contributed by atoms with Crippen molar-refractivity contribution in [3.8, 4) is 0 Å². The van der Waals surface area contributed by atoms with Crippen LogP contribution in [0.2, 0.25) is 20.1 Å². The van der Waals surface area contributed by atoms with E-state index in [4.69, 9.17) is 58.0 Å². The molecule has 2 rings (SSSR count). The molecule has 1 aromatic rings. The molecule has 0 fully saturated rings. The Hall–Kier alpha value is -0.190. The molecule has 1 aromatic carbocycles. The normalized spacial score (nSPS) is 14.0. The quantitative estimate of drug-likeness (QED) is 0.225. The van der Waals surface area contributed by atoms with E-state index < -0.39 is 11.8 Å². The topological polar surface area (TPSA) is 37.4 Å². The van der Waals surface area contributed by atoms with Crippen LogP contribution in [0.15, 0.2) is 0 Å². The van der Waals surface area contributed by atoms with E-state index in [1.807, 2.05) is 0 Å². The van der Waals surface area contributed by atoms with Gasteiger partial charge in [-0.1, -0.05) is 52.8 Å². The average molecular weight is 389 g/mol. The number of hydrogen-bond donors (Lipinski definition) is 0.